The van der Waals surface area contributed by atoms with Gasteiger partial charge in [-0.15, -0.1) is 0 Å². The average molecular weight is 267 g/mol. The van der Waals surface area contributed by atoms with Gasteiger partial charge in [0.2, 0.25) is 5.91 Å². The molecule has 0 radical (unpaired) electrons. The van der Waals surface area contributed by atoms with Crippen LogP contribution in [0, 0.1) is 13.8 Å². The highest BCUT2D eigenvalue weighted by atomic mass is 16.2. The molecule has 0 bridgehead atoms. The van der Waals surface area contributed by atoms with Crippen molar-refractivity contribution in [1.82, 2.24) is 0 Å². The number of hydrogen-bond acceptors (Lipinski definition) is 1. The van der Waals surface area contributed by atoms with Gasteiger partial charge in [-0.2, -0.15) is 0 Å². The summed E-state index contributed by atoms with van der Waals surface area (Å²) in [5.41, 5.74) is 4.42. The molecular formula is C18H21NO. The number of anilines is 1. The van der Waals surface area contributed by atoms with E-state index in [4.69, 9.17) is 0 Å². The number of benzene rings is 2. The van der Waals surface area contributed by atoms with Gasteiger partial charge in [-0.25, -0.2) is 0 Å². The molecule has 2 heteroatoms. The summed E-state index contributed by atoms with van der Waals surface area (Å²) >= 11 is 0. The highest BCUT2D eigenvalue weighted by molar-refractivity contribution is 5.94. The molecule has 20 heavy (non-hydrogen) atoms. The van der Waals surface area contributed by atoms with Crippen LogP contribution >= 0.6 is 0 Å². The lowest BCUT2D eigenvalue weighted by Gasteiger charge is -2.22. The normalized spacial score (nSPS) is 10.3. The van der Waals surface area contributed by atoms with Crippen LogP contribution in [0.4, 0.5) is 5.69 Å². The van der Waals surface area contributed by atoms with E-state index < -0.39 is 0 Å². The molecule has 0 N–H and O–H groups in total. The van der Waals surface area contributed by atoms with Crippen LogP contribution in [0.3, 0.4) is 0 Å². The smallest absolute Gasteiger partial charge is 0.231 e. The molecule has 2 rings (SSSR count). The Morgan fingerprint density at radius 3 is 2.15 bits per heavy atom. The SMILES string of the molecule is CCN(C(=O)Cc1ccccc1)c1cc(C)cc(C)c1. The fourth-order valence-electron chi connectivity index (χ4n) is 2.48. The van der Waals surface area contributed by atoms with Crippen LogP contribution in [0.1, 0.15) is 23.6 Å². The number of nitrogens with zero attached hydrogens (tertiary/aromatic N) is 1. The van der Waals surface area contributed by atoms with Crippen LogP contribution in [0.25, 0.3) is 0 Å². The second kappa shape index (κ2) is 6.38. The molecule has 0 unspecified atom stereocenters. The predicted octanol–water partition coefficient (Wildman–Crippen LogP) is 3.90. The van der Waals surface area contributed by atoms with E-state index in [1.54, 1.807) is 0 Å². The van der Waals surface area contributed by atoms with Crippen molar-refractivity contribution in [3.63, 3.8) is 0 Å². The number of aryl methyl sites for hydroxylation is 2. The lowest BCUT2D eigenvalue weighted by atomic mass is 10.1. The third-order valence-corrected chi connectivity index (χ3v) is 3.33. The zero-order chi connectivity index (χ0) is 14.5. The molecule has 0 aliphatic rings. The fraction of sp³-hybridized carbons (Fsp3) is 0.278. The van der Waals surface area contributed by atoms with E-state index in [1.165, 1.54) is 11.1 Å². The zero-order valence-corrected chi connectivity index (χ0v) is 12.4. The van der Waals surface area contributed by atoms with Crippen molar-refractivity contribution in [3.8, 4) is 0 Å². The third-order valence-electron chi connectivity index (χ3n) is 3.33. The van der Waals surface area contributed by atoms with Gasteiger partial charge >= 0.3 is 0 Å². The molecule has 0 heterocycles. The molecule has 2 aromatic carbocycles. The van der Waals surface area contributed by atoms with Gasteiger partial charge in [0, 0.05) is 12.2 Å². The van der Waals surface area contributed by atoms with Gasteiger partial charge in [0.25, 0.3) is 0 Å². The molecule has 0 spiro atoms. The molecule has 0 fully saturated rings. The molecular weight excluding hydrogens is 246 g/mol. The topological polar surface area (TPSA) is 20.3 Å². The van der Waals surface area contributed by atoms with Gasteiger partial charge in [0.15, 0.2) is 0 Å². The average Bonchev–Trinajstić information content (AvgIpc) is 2.39. The number of likely N-dealkylation sites (N-methyl/N-ethyl adjacent to an activating group) is 1. The maximum atomic E-state index is 12.5. The maximum absolute atomic E-state index is 12.5. The van der Waals surface area contributed by atoms with Gasteiger partial charge in [0.05, 0.1) is 6.42 Å². The second-order valence-corrected chi connectivity index (χ2v) is 5.15. The summed E-state index contributed by atoms with van der Waals surface area (Å²) in [6.45, 7) is 6.83. The van der Waals surface area contributed by atoms with Gasteiger partial charge in [0.1, 0.15) is 0 Å². The number of hydrogen-bond donors (Lipinski definition) is 0. The second-order valence-electron chi connectivity index (χ2n) is 5.15. The number of carbonyl (C=O) groups excluding carboxylic acids is 1. The van der Waals surface area contributed by atoms with Crippen LogP contribution in [0.2, 0.25) is 0 Å². The fourth-order valence-corrected chi connectivity index (χ4v) is 2.48. The molecule has 0 atom stereocenters. The standard InChI is InChI=1S/C18H21NO/c1-4-19(17-11-14(2)10-15(3)12-17)18(20)13-16-8-6-5-7-9-16/h5-12H,4,13H2,1-3H3. The van der Waals surface area contributed by atoms with E-state index in [0.717, 1.165) is 11.3 Å². The van der Waals surface area contributed by atoms with Crippen molar-refractivity contribution in [3.05, 3.63) is 65.2 Å². The van der Waals surface area contributed by atoms with E-state index in [-0.39, 0.29) is 5.91 Å². The van der Waals surface area contributed by atoms with Crippen LogP contribution in [-0.4, -0.2) is 12.5 Å². The predicted molar refractivity (Wildman–Crippen MR) is 84.1 cm³/mol. The molecule has 2 nitrogen and oxygen atoms in total. The summed E-state index contributed by atoms with van der Waals surface area (Å²) < 4.78 is 0. The summed E-state index contributed by atoms with van der Waals surface area (Å²) in [5.74, 6) is 0.142. The summed E-state index contributed by atoms with van der Waals surface area (Å²) in [4.78, 5) is 14.3. The molecule has 2 aromatic rings. The highest BCUT2D eigenvalue weighted by Crippen LogP contribution is 2.19. The lowest BCUT2D eigenvalue weighted by Crippen LogP contribution is -2.32. The molecule has 0 aromatic heterocycles. The first kappa shape index (κ1) is 14.3. The Labute approximate surface area is 121 Å². The summed E-state index contributed by atoms with van der Waals surface area (Å²) in [7, 11) is 0. The quantitative estimate of drug-likeness (QED) is 0.822. The molecule has 0 aliphatic heterocycles. The number of carbonyl (C=O) groups is 1. The Morgan fingerprint density at radius 2 is 1.60 bits per heavy atom. The van der Waals surface area contributed by atoms with Crippen LogP contribution in [0.5, 0.6) is 0 Å². The summed E-state index contributed by atoms with van der Waals surface area (Å²) in [6.07, 6.45) is 0.446. The first-order chi connectivity index (χ1) is 9.60. The van der Waals surface area contributed by atoms with E-state index in [1.807, 2.05) is 42.2 Å². The molecule has 104 valence electrons. The van der Waals surface area contributed by atoms with E-state index in [2.05, 4.69) is 32.0 Å². The first-order valence-electron chi connectivity index (χ1n) is 7.02. The number of rotatable bonds is 4. The molecule has 1 amide bonds. The third kappa shape index (κ3) is 3.47. The van der Waals surface area contributed by atoms with Crippen molar-refractivity contribution in [2.75, 3.05) is 11.4 Å². The Balaban J connectivity index is 2.21. The highest BCUT2D eigenvalue weighted by Gasteiger charge is 2.14. The van der Waals surface area contributed by atoms with Gasteiger partial charge in [-0.05, 0) is 49.6 Å². The van der Waals surface area contributed by atoms with Crippen LogP contribution in [0.15, 0.2) is 48.5 Å². The molecule has 0 aliphatic carbocycles. The van der Waals surface area contributed by atoms with E-state index in [0.29, 0.717) is 13.0 Å². The maximum Gasteiger partial charge on any atom is 0.231 e. The Kier molecular flexibility index (Phi) is 4.57. The monoisotopic (exact) mass is 267 g/mol. The van der Waals surface area contributed by atoms with Crippen molar-refractivity contribution in [2.24, 2.45) is 0 Å². The Hall–Kier alpha value is -2.09. The lowest BCUT2D eigenvalue weighted by molar-refractivity contribution is -0.117. The summed E-state index contributed by atoms with van der Waals surface area (Å²) in [6, 6.07) is 16.2. The number of amides is 1. The van der Waals surface area contributed by atoms with Gasteiger partial charge in [-0.3, -0.25) is 4.79 Å². The van der Waals surface area contributed by atoms with Crippen LogP contribution < -0.4 is 4.90 Å². The zero-order valence-electron chi connectivity index (χ0n) is 12.4. The minimum Gasteiger partial charge on any atom is -0.312 e. The minimum absolute atomic E-state index is 0.142. The van der Waals surface area contributed by atoms with Crippen molar-refractivity contribution < 1.29 is 4.79 Å². The van der Waals surface area contributed by atoms with Gasteiger partial charge < -0.3 is 4.90 Å². The van der Waals surface area contributed by atoms with E-state index in [9.17, 15) is 4.79 Å². The Morgan fingerprint density at radius 1 is 1.00 bits per heavy atom. The first-order valence-corrected chi connectivity index (χ1v) is 7.02. The van der Waals surface area contributed by atoms with Crippen LogP contribution in [-0.2, 0) is 11.2 Å². The van der Waals surface area contributed by atoms with E-state index >= 15 is 0 Å². The molecule has 0 saturated heterocycles. The largest absolute Gasteiger partial charge is 0.312 e. The minimum atomic E-state index is 0.142. The van der Waals surface area contributed by atoms with Gasteiger partial charge in [-0.1, -0.05) is 36.4 Å². The van der Waals surface area contributed by atoms with Crippen molar-refractivity contribution in [1.29, 1.82) is 0 Å². The summed E-state index contributed by atoms with van der Waals surface area (Å²) in [5, 5.41) is 0. The Bertz CT molecular complexity index is 569. The van der Waals surface area contributed by atoms with Crippen molar-refractivity contribution >= 4 is 11.6 Å². The molecule has 0 saturated carbocycles. The van der Waals surface area contributed by atoms with Crippen molar-refractivity contribution in [2.45, 2.75) is 27.2 Å².